The minimum Gasteiger partial charge on any atom is -0.453 e. The molecule has 4 rings (SSSR count). The van der Waals surface area contributed by atoms with E-state index in [1.165, 1.54) is 0 Å². The van der Waals surface area contributed by atoms with Gasteiger partial charge < -0.3 is 21.5 Å². The summed E-state index contributed by atoms with van der Waals surface area (Å²) < 4.78 is 5.92. The molecule has 0 aliphatic carbocycles. The SMILES string of the molecule is Nc1cc2c(c3c(N)cccc13)Nc1ccccc1O2. The van der Waals surface area contributed by atoms with Gasteiger partial charge >= 0.3 is 0 Å². The lowest BCUT2D eigenvalue weighted by Gasteiger charge is -2.24. The van der Waals surface area contributed by atoms with Crippen LogP contribution in [0.1, 0.15) is 0 Å². The summed E-state index contributed by atoms with van der Waals surface area (Å²) in [5, 5.41) is 5.22. The lowest BCUT2D eigenvalue weighted by Crippen LogP contribution is -2.05. The number of ether oxygens (including phenoxy) is 1. The van der Waals surface area contributed by atoms with E-state index in [0.717, 1.165) is 27.9 Å². The van der Waals surface area contributed by atoms with E-state index in [-0.39, 0.29) is 0 Å². The van der Waals surface area contributed by atoms with Gasteiger partial charge in [-0.1, -0.05) is 24.3 Å². The van der Waals surface area contributed by atoms with Crippen molar-refractivity contribution in [2.24, 2.45) is 0 Å². The molecular weight excluding hydrogens is 250 g/mol. The van der Waals surface area contributed by atoms with Crippen LogP contribution >= 0.6 is 0 Å². The number of hydrogen-bond acceptors (Lipinski definition) is 4. The van der Waals surface area contributed by atoms with Gasteiger partial charge in [-0.15, -0.1) is 0 Å². The Kier molecular flexibility index (Phi) is 2.09. The normalized spacial score (nSPS) is 12.2. The van der Waals surface area contributed by atoms with Crippen LogP contribution in [0.3, 0.4) is 0 Å². The fourth-order valence-electron chi connectivity index (χ4n) is 2.62. The maximum Gasteiger partial charge on any atom is 0.153 e. The molecule has 0 fully saturated rings. The molecule has 0 spiro atoms. The Morgan fingerprint density at radius 1 is 0.850 bits per heavy atom. The van der Waals surface area contributed by atoms with Gasteiger partial charge in [0, 0.05) is 28.2 Å². The van der Waals surface area contributed by atoms with Crippen molar-refractivity contribution in [3.63, 3.8) is 0 Å². The van der Waals surface area contributed by atoms with Crippen LogP contribution < -0.4 is 21.5 Å². The van der Waals surface area contributed by atoms with Crippen LogP contribution in [-0.2, 0) is 0 Å². The van der Waals surface area contributed by atoms with Gasteiger partial charge in [0.1, 0.15) is 0 Å². The van der Waals surface area contributed by atoms with Crippen molar-refractivity contribution in [3.8, 4) is 11.5 Å². The number of para-hydroxylation sites is 2. The molecule has 0 aromatic heterocycles. The second kappa shape index (κ2) is 3.81. The predicted molar refractivity (Wildman–Crippen MR) is 82.6 cm³/mol. The number of nitrogen functional groups attached to an aromatic ring is 2. The fraction of sp³-hybridized carbons (Fsp3) is 0. The Morgan fingerprint density at radius 3 is 2.60 bits per heavy atom. The zero-order valence-corrected chi connectivity index (χ0v) is 10.7. The first-order valence-corrected chi connectivity index (χ1v) is 6.38. The van der Waals surface area contributed by atoms with Gasteiger partial charge in [-0.05, 0) is 18.2 Å². The van der Waals surface area contributed by atoms with Gasteiger partial charge in [-0.3, -0.25) is 0 Å². The number of rotatable bonds is 0. The lowest BCUT2D eigenvalue weighted by molar-refractivity contribution is 0.482. The first kappa shape index (κ1) is 11.0. The average molecular weight is 263 g/mol. The molecule has 0 atom stereocenters. The third-order valence-corrected chi connectivity index (χ3v) is 3.56. The summed E-state index contributed by atoms with van der Waals surface area (Å²) in [6.45, 7) is 0. The van der Waals surface area contributed by atoms with Crippen molar-refractivity contribution in [3.05, 3.63) is 48.5 Å². The standard InChI is InChI=1S/C16H13N3O/c17-10-5-3-4-9-11(18)8-14-16(15(9)10)19-12-6-1-2-7-13(12)20-14/h1-8,19H,17-18H2. The highest BCUT2D eigenvalue weighted by atomic mass is 16.5. The molecule has 0 amide bonds. The zero-order chi connectivity index (χ0) is 13.7. The number of anilines is 4. The number of nitrogens with two attached hydrogens (primary N) is 2. The Bertz CT molecular complexity index is 842. The minimum absolute atomic E-state index is 0.659. The second-order valence-electron chi connectivity index (χ2n) is 4.83. The molecular formula is C16H13N3O. The Balaban J connectivity index is 2.05. The monoisotopic (exact) mass is 263 g/mol. The summed E-state index contributed by atoms with van der Waals surface area (Å²) in [6.07, 6.45) is 0. The van der Waals surface area contributed by atoms with Gasteiger partial charge in [0.25, 0.3) is 0 Å². The second-order valence-corrected chi connectivity index (χ2v) is 4.83. The molecule has 0 radical (unpaired) electrons. The van der Waals surface area contributed by atoms with Gasteiger partial charge in [0.15, 0.2) is 11.5 Å². The van der Waals surface area contributed by atoms with Crippen LogP contribution in [0.2, 0.25) is 0 Å². The van der Waals surface area contributed by atoms with Crippen LogP contribution in [0, 0.1) is 0 Å². The Morgan fingerprint density at radius 2 is 1.70 bits per heavy atom. The lowest BCUT2D eigenvalue weighted by atomic mass is 10.0. The molecule has 1 aliphatic heterocycles. The van der Waals surface area contributed by atoms with Gasteiger partial charge in [0.05, 0.1) is 11.4 Å². The van der Waals surface area contributed by atoms with Crippen molar-refractivity contribution in [1.82, 2.24) is 0 Å². The highest BCUT2D eigenvalue weighted by Gasteiger charge is 2.20. The van der Waals surface area contributed by atoms with Crippen molar-refractivity contribution < 1.29 is 4.74 Å². The molecule has 3 aromatic rings. The molecule has 1 aliphatic rings. The average Bonchev–Trinajstić information content (AvgIpc) is 2.46. The highest BCUT2D eigenvalue weighted by Crippen LogP contribution is 2.48. The fourth-order valence-corrected chi connectivity index (χ4v) is 2.62. The van der Waals surface area contributed by atoms with E-state index in [1.807, 2.05) is 48.5 Å². The van der Waals surface area contributed by atoms with E-state index in [4.69, 9.17) is 16.2 Å². The van der Waals surface area contributed by atoms with E-state index < -0.39 is 0 Å². The summed E-state index contributed by atoms with van der Waals surface area (Å²) in [6, 6.07) is 15.3. The van der Waals surface area contributed by atoms with E-state index in [1.54, 1.807) is 0 Å². The molecule has 0 saturated heterocycles. The quantitative estimate of drug-likeness (QED) is 0.421. The molecule has 0 unspecified atom stereocenters. The Labute approximate surface area is 116 Å². The summed E-state index contributed by atoms with van der Waals surface area (Å²) in [7, 11) is 0. The number of fused-ring (bicyclic) bond motifs is 4. The van der Waals surface area contributed by atoms with Crippen molar-refractivity contribution in [2.45, 2.75) is 0 Å². The smallest absolute Gasteiger partial charge is 0.153 e. The maximum absolute atomic E-state index is 6.12. The van der Waals surface area contributed by atoms with Crippen LogP contribution in [-0.4, -0.2) is 0 Å². The first-order chi connectivity index (χ1) is 9.74. The van der Waals surface area contributed by atoms with E-state index in [0.29, 0.717) is 17.1 Å². The highest BCUT2D eigenvalue weighted by molar-refractivity contribution is 6.11. The molecule has 0 bridgehead atoms. The van der Waals surface area contributed by atoms with Crippen molar-refractivity contribution in [2.75, 3.05) is 16.8 Å². The first-order valence-electron chi connectivity index (χ1n) is 6.38. The van der Waals surface area contributed by atoms with Crippen LogP contribution in [0.4, 0.5) is 22.7 Å². The van der Waals surface area contributed by atoms with E-state index in [2.05, 4.69) is 5.32 Å². The van der Waals surface area contributed by atoms with Crippen LogP contribution in [0.5, 0.6) is 11.5 Å². The molecule has 5 N–H and O–H groups in total. The maximum atomic E-state index is 6.12. The summed E-state index contributed by atoms with van der Waals surface area (Å²) >= 11 is 0. The summed E-state index contributed by atoms with van der Waals surface area (Å²) in [5.74, 6) is 1.49. The topological polar surface area (TPSA) is 73.3 Å². The third-order valence-electron chi connectivity index (χ3n) is 3.56. The van der Waals surface area contributed by atoms with Gasteiger partial charge in [0.2, 0.25) is 0 Å². The molecule has 4 heteroatoms. The largest absolute Gasteiger partial charge is 0.453 e. The van der Waals surface area contributed by atoms with E-state index in [9.17, 15) is 0 Å². The Hall–Kier alpha value is -2.88. The van der Waals surface area contributed by atoms with Crippen LogP contribution in [0.25, 0.3) is 10.8 Å². The molecule has 3 aromatic carbocycles. The van der Waals surface area contributed by atoms with Crippen LogP contribution in [0.15, 0.2) is 48.5 Å². The predicted octanol–water partition coefficient (Wildman–Crippen LogP) is 3.85. The number of benzene rings is 3. The summed E-state index contributed by atoms with van der Waals surface area (Å²) in [4.78, 5) is 0. The van der Waals surface area contributed by atoms with Gasteiger partial charge in [-0.2, -0.15) is 0 Å². The summed E-state index contributed by atoms with van der Waals surface area (Å²) in [5.41, 5.74) is 15.4. The third kappa shape index (κ3) is 1.42. The molecule has 4 nitrogen and oxygen atoms in total. The van der Waals surface area contributed by atoms with Crippen molar-refractivity contribution >= 4 is 33.5 Å². The molecule has 20 heavy (non-hydrogen) atoms. The van der Waals surface area contributed by atoms with Gasteiger partial charge in [-0.25, -0.2) is 0 Å². The minimum atomic E-state index is 0.659. The number of hydrogen-bond donors (Lipinski definition) is 3. The molecule has 98 valence electrons. The zero-order valence-electron chi connectivity index (χ0n) is 10.7. The molecule has 1 heterocycles. The van der Waals surface area contributed by atoms with E-state index >= 15 is 0 Å². The number of nitrogens with one attached hydrogen (secondary N) is 1. The molecule has 0 saturated carbocycles. The van der Waals surface area contributed by atoms with Crippen molar-refractivity contribution in [1.29, 1.82) is 0 Å².